The standard InChI is InChI=1S/C17H15ClFNO/c1-12-4-7-17(15(18)9-12)21-11-13-5-6-16(19)14(10-13)3-2-8-20/h4-7,9-10H,8,11,20H2,1H3. The molecule has 0 unspecified atom stereocenters. The Morgan fingerprint density at radius 3 is 2.76 bits per heavy atom. The first-order valence-corrected chi connectivity index (χ1v) is 6.84. The number of halogens is 2. The highest BCUT2D eigenvalue weighted by Crippen LogP contribution is 2.26. The third-order valence-corrected chi connectivity index (χ3v) is 3.13. The quantitative estimate of drug-likeness (QED) is 0.878. The maximum Gasteiger partial charge on any atom is 0.138 e. The van der Waals surface area contributed by atoms with Gasteiger partial charge >= 0.3 is 0 Å². The van der Waals surface area contributed by atoms with E-state index in [1.807, 2.05) is 25.1 Å². The van der Waals surface area contributed by atoms with E-state index in [0.29, 0.717) is 22.9 Å². The minimum absolute atomic E-state index is 0.194. The molecule has 0 aromatic heterocycles. The summed E-state index contributed by atoms with van der Waals surface area (Å²) in [6, 6.07) is 10.3. The molecule has 2 N–H and O–H groups in total. The first-order valence-electron chi connectivity index (χ1n) is 6.46. The van der Waals surface area contributed by atoms with Crippen molar-refractivity contribution >= 4 is 11.6 Å². The summed E-state index contributed by atoms with van der Waals surface area (Å²) in [5.74, 6) is 5.57. The maximum absolute atomic E-state index is 13.6. The van der Waals surface area contributed by atoms with Crippen molar-refractivity contribution in [2.45, 2.75) is 13.5 Å². The Morgan fingerprint density at radius 1 is 1.24 bits per heavy atom. The third kappa shape index (κ3) is 4.22. The summed E-state index contributed by atoms with van der Waals surface area (Å²) in [4.78, 5) is 0. The molecule has 2 aromatic rings. The zero-order chi connectivity index (χ0) is 15.2. The van der Waals surface area contributed by atoms with Gasteiger partial charge in [0.05, 0.1) is 17.1 Å². The lowest BCUT2D eigenvalue weighted by molar-refractivity contribution is 0.306. The van der Waals surface area contributed by atoms with Crippen LogP contribution in [0.2, 0.25) is 5.02 Å². The predicted molar refractivity (Wildman–Crippen MR) is 82.9 cm³/mol. The summed E-state index contributed by atoms with van der Waals surface area (Å²) < 4.78 is 19.2. The Morgan fingerprint density at radius 2 is 2.05 bits per heavy atom. The highest BCUT2D eigenvalue weighted by atomic mass is 35.5. The molecule has 0 saturated carbocycles. The Labute approximate surface area is 128 Å². The van der Waals surface area contributed by atoms with Crippen LogP contribution in [0, 0.1) is 24.6 Å². The van der Waals surface area contributed by atoms with Crippen LogP contribution in [0.4, 0.5) is 4.39 Å². The van der Waals surface area contributed by atoms with E-state index in [4.69, 9.17) is 22.1 Å². The van der Waals surface area contributed by atoms with E-state index in [0.717, 1.165) is 11.1 Å². The lowest BCUT2D eigenvalue weighted by Gasteiger charge is -2.09. The fourth-order valence-electron chi connectivity index (χ4n) is 1.79. The third-order valence-electron chi connectivity index (χ3n) is 2.84. The topological polar surface area (TPSA) is 35.2 Å². The SMILES string of the molecule is Cc1ccc(OCc2ccc(F)c(C#CCN)c2)c(Cl)c1. The van der Waals surface area contributed by atoms with Crippen molar-refractivity contribution in [1.82, 2.24) is 0 Å². The van der Waals surface area contributed by atoms with Crippen molar-refractivity contribution < 1.29 is 9.13 Å². The zero-order valence-corrected chi connectivity index (χ0v) is 12.4. The van der Waals surface area contributed by atoms with Gasteiger partial charge in [0, 0.05) is 0 Å². The van der Waals surface area contributed by atoms with E-state index in [1.54, 1.807) is 12.1 Å². The summed E-state index contributed by atoms with van der Waals surface area (Å²) >= 11 is 6.10. The molecule has 2 rings (SSSR count). The Bertz CT molecular complexity index is 704. The van der Waals surface area contributed by atoms with Gasteiger partial charge in [-0.2, -0.15) is 0 Å². The van der Waals surface area contributed by atoms with Gasteiger partial charge in [0.15, 0.2) is 0 Å². The second-order valence-corrected chi connectivity index (χ2v) is 4.95. The molecule has 0 spiro atoms. The fraction of sp³-hybridized carbons (Fsp3) is 0.176. The first kappa shape index (κ1) is 15.4. The normalized spacial score (nSPS) is 9.90. The van der Waals surface area contributed by atoms with Gasteiger partial charge in [-0.1, -0.05) is 35.6 Å². The molecule has 2 nitrogen and oxygen atoms in total. The highest BCUT2D eigenvalue weighted by Gasteiger charge is 2.05. The largest absolute Gasteiger partial charge is 0.487 e. The van der Waals surface area contributed by atoms with E-state index in [1.165, 1.54) is 6.07 Å². The van der Waals surface area contributed by atoms with Crippen LogP contribution in [0.15, 0.2) is 36.4 Å². The van der Waals surface area contributed by atoms with Gasteiger partial charge in [-0.25, -0.2) is 4.39 Å². The lowest BCUT2D eigenvalue weighted by atomic mass is 10.1. The van der Waals surface area contributed by atoms with E-state index in [9.17, 15) is 4.39 Å². The maximum atomic E-state index is 13.6. The number of hydrogen-bond donors (Lipinski definition) is 1. The molecule has 4 heteroatoms. The van der Waals surface area contributed by atoms with Gasteiger partial charge in [0.2, 0.25) is 0 Å². The fourth-order valence-corrected chi connectivity index (χ4v) is 2.08. The molecule has 0 bridgehead atoms. The van der Waals surface area contributed by atoms with Crippen LogP contribution in [0.5, 0.6) is 5.75 Å². The summed E-state index contributed by atoms with van der Waals surface area (Å²) in [6.07, 6.45) is 0. The average molecular weight is 304 g/mol. The lowest BCUT2D eigenvalue weighted by Crippen LogP contribution is -1.98. The highest BCUT2D eigenvalue weighted by molar-refractivity contribution is 6.32. The molecule has 0 atom stereocenters. The molecule has 0 radical (unpaired) electrons. The molecule has 21 heavy (non-hydrogen) atoms. The van der Waals surface area contributed by atoms with Gasteiger partial charge in [0.25, 0.3) is 0 Å². The summed E-state index contributed by atoms with van der Waals surface area (Å²) in [5.41, 5.74) is 7.49. The molecule has 0 aliphatic heterocycles. The van der Waals surface area contributed by atoms with Crippen LogP contribution in [0.3, 0.4) is 0 Å². The van der Waals surface area contributed by atoms with Gasteiger partial charge in [0.1, 0.15) is 18.2 Å². The minimum Gasteiger partial charge on any atom is -0.487 e. The van der Waals surface area contributed by atoms with Crippen molar-refractivity contribution in [1.29, 1.82) is 0 Å². The molecule has 0 aliphatic rings. The van der Waals surface area contributed by atoms with Crippen LogP contribution >= 0.6 is 11.6 Å². The van der Waals surface area contributed by atoms with Crippen molar-refractivity contribution in [3.05, 3.63) is 63.9 Å². The van der Waals surface area contributed by atoms with Crippen LogP contribution in [0.25, 0.3) is 0 Å². The van der Waals surface area contributed by atoms with Crippen molar-refractivity contribution in [2.24, 2.45) is 5.73 Å². The smallest absolute Gasteiger partial charge is 0.138 e. The molecular formula is C17H15ClFNO. The molecule has 0 saturated heterocycles. The molecule has 0 fully saturated rings. The van der Waals surface area contributed by atoms with E-state index >= 15 is 0 Å². The Hall–Kier alpha value is -2.02. The van der Waals surface area contributed by atoms with Crippen LogP contribution < -0.4 is 10.5 Å². The number of benzene rings is 2. The molecule has 2 aromatic carbocycles. The molecule has 0 amide bonds. The van der Waals surface area contributed by atoms with Gasteiger partial charge in [-0.05, 0) is 42.3 Å². The molecule has 0 aliphatic carbocycles. The summed E-state index contributed by atoms with van der Waals surface area (Å²) in [7, 11) is 0. The average Bonchev–Trinajstić information content (AvgIpc) is 2.46. The predicted octanol–water partition coefficient (Wildman–Crippen LogP) is 3.68. The number of aryl methyl sites for hydroxylation is 1. The van der Waals surface area contributed by atoms with E-state index in [-0.39, 0.29) is 12.4 Å². The summed E-state index contributed by atoms with van der Waals surface area (Å²) in [5, 5.41) is 0.556. The van der Waals surface area contributed by atoms with Crippen LogP contribution in [0.1, 0.15) is 16.7 Å². The Kier molecular flexibility index (Phi) is 5.21. The van der Waals surface area contributed by atoms with Gasteiger partial charge in [-0.3, -0.25) is 0 Å². The molecular weight excluding hydrogens is 289 g/mol. The monoisotopic (exact) mass is 303 g/mol. The van der Waals surface area contributed by atoms with E-state index in [2.05, 4.69) is 11.8 Å². The molecule has 0 heterocycles. The van der Waals surface area contributed by atoms with Crippen LogP contribution in [-0.2, 0) is 6.61 Å². The van der Waals surface area contributed by atoms with Crippen molar-refractivity contribution in [3.63, 3.8) is 0 Å². The summed E-state index contributed by atoms with van der Waals surface area (Å²) in [6.45, 7) is 2.44. The zero-order valence-electron chi connectivity index (χ0n) is 11.6. The second-order valence-electron chi connectivity index (χ2n) is 4.54. The van der Waals surface area contributed by atoms with Crippen LogP contribution in [-0.4, -0.2) is 6.54 Å². The number of nitrogens with two attached hydrogens (primary N) is 1. The van der Waals surface area contributed by atoms with Crippen molar-refractivity contribution in [2.75, 3.05) is 6.54 Å². The molecule has 108 valence electrons. The number of ether oxygens (including phenoxy) is 1. The van der Waals surface area contributed by atoms with Gasteiger partial charge < -0.3 is 10.5 Å². The Balaban J connectivity index is 2.13. The number of hydrogen-bond acceptors (Lipinski definition) is 2. The minimum atomic E-state index is -0.368. The first-order chi connectivity index (χ1) is 10.1. The number of rotatable bonds is 3. The second kappa shape index (κ2) is 7.12. The van der Waals surface area contributed by atoms with Gasteiger partial charge in [-0.15, -0.1) is 0 Å². The van der Waals surface area contributed by atoms with E-state index < -0.39 is 0 Å². The van der Waals surface area contributed by atoms with Crippen molar-refractivity contribution in [3.8, 4) is 17.6 Å².